The van der Waals surface area contributed by atoms with E-state index in [4.69, 9.17) is 5.41 Å². The van der Waals surface area contributed by atoms with Crippen LogP contribution in [0.2, 0.25) is 0 Å². The number of rotatable bonds is 2. The second-order valence-electron chi connectivity index (χ2n) is 2.41. The van der Waals surface area contributed by atoms with Crippen molar-refractivity contribution in [2.75, 3.05) is 0 Å². The molecular formula is C9H10N2S. The summed E-state index contributed by atoms with van der Waals surface area (Å²) in [6.07, 6.45) is 4.83. The Labute approximate surface area is 77.3 Å². The number of allylic oxidation sites excluding steroid dienone is 1. The minimum absolute atomic E-state index is 0.792. The topological polar surface area (TPSA) is 36.7 Å². The molecule has 1 heterocycles. The van der Waals surface area contributed by atoms with Crippen molar-refractivity contribution >= 4 is 24.9 Å². The molecular weight excluding hydrogens is 168 g/mol. The molecule has 1 rings (SSSR count). The normalized spacial score (nSPS) is 11.3. The molecule has 1 aromatic rings. The van der Waals surface area contributed by atoms with Crippen LogP contribution in [0.25, 0.3) is 6.08 Å². The first-order valence-electron chi connectivity index (χ1n) is 3.57. The van der Waals surface area contributed by atoms with Crippen molar-refractivity contribution in [2.24, 2.45) is 0 Å². The molecule has 0 aliphatic rings. The molecule has 0 amide bonds. The van der Waals surface area contributed by atoms with Crippen molar-refractivity contribution in [3.8, 4) is 0 Å². The number of nitrogens with one attached hydrogen (secondary N) is 1. The molecule has 62 valence electrons. The van der Waals surface area contributed by atoms with Gasteiger partial charge in [-0.1, -0.05) is 0 Å². The van der Waals surface area contributed by atoms with Gasteiger partial charge in [0.2, 0.25) is 0 Å². The highest BCUT2D eigenvalue weighted by Gasteiger charge is 1.95. The average molecular weight is 178 g/mol. The van der Waals surface area contributed by atoms with Crippen LogP contribution < -0.4 is 0 Å². The number of thiol groups is 1. The second kappa shape index (κ2) is 4.07. The molecule has 2 nitrogen and oxygen atoms in total. The first-order chi connectivity index (χ1) is 5.74. The number of nitrogens with zero attached hydrogens (tertiary/aromatic N) is 1. The third-order valence-electron chi connectivity index (χ3n) is 1.37. The summed E-state index contributed by atoms with van der Waals surface area (Å²) in [6.45, 7) is 1.88. The van der Waals surface area contributed by atoms with Gasteiger partial charge < -0.3 is 5.41 Å². The third-order valence-corrected chi connectivity index (χ3v) is 1.50. The fraction of sp³-hybridized carbons (Fsp3) is 0.111. The predicted molar refractivity (Wildman–Crippen MR) is 54.8 cm³/mol. The molecule has 1 N–H and O–H groups in total. The lowest BCUT2D eigenvalue weighted by Gasteiger charge is -1.97. The summed E-state index contributed by atoms with van der Waals surface area (Å²) in [5.74, 6) is 0. The molecule has 0 aliphatic carbocycles. The van der Waals surface area contributed by atoms with E-state index in [0.29, 0.717) is 0 Å². The van der Waals surface area contributed by atoms with Gasteiger partial charge in [0.1, 0.15) is 0 Å². The molecule has 0 aliphatic heterocycles. The summed E-state index contributed by atoms with van der Waals surface area (Å²) in [4.78, 5) is 5.00. The first kappa shape index (κ1) is 9.00. The molecule has 0 aromatic carbocycles. The molecule has 3 heteroatoms. The third kappa shape index (κ3) is 2.20. The highest BCUT2D eigenvalue weighted by molar-refractivity contribution is 7.84. The van der Waals surface area contributed by atoms with Crippen LogP contribution >= 0.6 is 12.6 Å². The minimum Gasteiger partial charge on any atom is -0.308 e. The van der Waals surface area contributed by atoms with Gasteiger partial charge in [-0.3, -0.25) is 4.98 Å². The van der Waals surface area contributed by atoms with Gasteiger partial charge >= 0.3 is 0 Å². The van der Waals surface area contributed by atoms with E-state index in [1.165, 1.54) is 6.21 Å². The van der Waals surface area contributed by atoms with Crippen molar-refractivity contribution < 1.29 is 0 Å². The van der Waals surface area contributed by atoms with Gasteiger partial charge in [-0.25, -0.2) is 0 Å². The van der Waals surface area contributed by atoms with E-state index in [1.807, 2.05) is 25.1 Å². The van der Waals surface area contributed by atoms with Crippen LogP contribution in [0, 0.1) is 5.41 Å². The van der Waals surface area contributed by atoms with E-state index >= 15 is 0 Å². The summed E-state index contributed by atoms with van der Waals surface area (Å²) < 4.78 is 0. The maximum atomic E-state index is 7.11. The lowest BCUT2D eigenvalue weighted by atomic mass is 10.2. The monoisotopic (exact) mass is 178 g/mol. The fourth-order valence-corrected chi connectivity index (χ4v) is 0.993. The summed E-state index contributed by atoms with van der Waals surface area (Å²) in [7, 11) is 0. The number of hydrogen-bond donors (Lipinski definition) is 2. The van der Waals surface area contributed by atoms with Gasteiger partial charge in [-0.2, -0.15) is 0 Å². The minimum atomic E-state index is 0.792. The van der Waals surface area contributed by atoms with Crippen LogP contribution in [0.3, 0.4) is 0 Å². The largest absolute Gasteiger partial charge is 0.308 e. The molecule has 1 aromatic heterocycles. The number of aromatic nitrogens is 1. The van der Waals surface area contributed by atoms with E-state index in [2.05, 4.69) is 17.6 Å². The molecule has 0 saturated heterocycles. The second-order valence-corrected chi connectivity index (χ2v) is 3.11. The molecule has 0 atom stereocenters. The Morgan fingerprint density at radius 2 is 2.42 bits per heavy atom. The smallest absolute Gasteiger partial charge is 0.0724 e. The molecule has 0 unspecified atom stereocenters. The summed E-state index contributed by atoms with van der Waals surface area (Å²) in [5.41, 5.74) is 1.60. The van der Waals surface area contributed by atoms with Gasteiger partial charge in [0.15, 0.2) is 0 Å². The van der Waals surface area contributed by atoms with Crippen molar-refractivity contribution in [3.63, 3.8) is 0 Å². The van der Waals surface area contributed by atoms with Gasteiger partial charge in [-0.15, -0.1) is 12.6 Å². The zero-order valence-electron chi connectivity index (χ0n) is 6.78. The summed E-state index contributed by atoms with van der Waals surface area (Å²) in [6, 6.07) is 3.66. The van der Waals surface area contributed by atoms with Crippen molar-refractivity contribution in [2.45, 2.75) is 6.92 Å². The van der Waals surface area contributed by atoms with Gasteiger partial charge in [-0.05, 0) is 30.0 Å². The van der Waals surface area contributed by atoms with Gasteiger partial charge in [0, 0.05) is 18.0 Å². The van der Waals surface area contributed by atoms with Gasteiger partial charge in [0.05, 0.1) is 5.69 Å². The quantitative estimate of drug-likeness (QED) is 0.529. The van der Waals surface area contributed by atoms with Crippen LogP contribution in [0.1, 0.15) is 18.2 Å². The van der Waals surface area contributed by atoms with Crippen LogP contribution in [-0.4, -0.2) is 11.2 Å². The van der Waals surface area contributed by atoms with Gasteiger partial charge in [0.25, 0.3) is 0 Å². The Kier molecular flexibility index (Phi) is 3.05. The Bertz CT molecular complexity index is 314. The van der Waals surface area contributed by atoms with E-state index in [0.717, 1.165) is 16.2 Å². The maximum Gasteiger partial charge on any atom is 0.0724 e. The van der Waals surface area contributed by atoms with Crippen LogP contribution in [0.15, 0.2) is 23.2 Å². The van der Waals surface area contributed by atoms with E-state index < -0.39 is 0 Å². The van der Waals surface area contributed by atoms with Crippen molar-refractivity contribution in [1.29, 1.82) is 5.41 Å². The molecule has 0 spiro atoms. The van der Waals surface area contributed by atoms with Crippen LogP contribution in [-0.2, 0) is 0 Å². The zero-order chi connectivity index (χ0) is 8.97. The zero-order valence-corrected chi connectivity index (χ0v) is 7.68. The first-order valence-corrected chi connectivity index (χ1v) is 4.01. The highest BCUT2D eigenvalue weighted by atomic mass is 32.1. The summed E-state index contributed by atoms with van der Waals surface area (Å²) >= 11 is 4.14. The lowest BCUT2D eigenvalue weighted by Crippen LogP contribution is -1.88. The summed E-state index contributed by atoms with van der Waals surface area (Å²) in [5, 5.41) is 7.11. The van der Waals surface area contributed by atoms with E-state index in [1.54, 1.807) is 6.20 Å². The Balaban J connectivity index is 3.14. The molecule has 0 bridgehead atoms. The highest BCUT2D eigenvalue weighted by Crippen LogP contribution is 2.09. The maximum absolute atomic E-state index is 7.11. The standard InChI is InChI=1S/C9H10N2S/c1-7(12)5-9-8(6-10)3-2-4-11-9/h2-6,10,12H,1H3/b7-5+,10-6?. The van der Waals surface area contributed by atoms with E-state index in [9.17, 15) is 0 Å². The molecule has 0 fully saturated rings. The predicted octanol–water partition coefficient (Wildman–Crippen LogP) is 2.37. The molecule has 0 saturated carbocycles. The van der Waals surface area contributed by atoms with Crippen LogP contribution in [0.5, 0.6) is 0 Å². The Morgan fingerprint density at radius 3 is 3.00 bits per heavy atom. The fourth-order valence-electron chi connectivity index (χ4n) is 0.870. The number of pyridine rings is 1. The Morgan fingerprint density at radius 1 is 1.67 bits per heavy atom. The van der Waals surface area contributed by atoms with Crippen LogP contribution in [0.4, 0.5) is 0 Å². The van der Waals surface area contributed by atoms with Crippen molar-refractivity contribution in [1.82, 2.24) is 4.98 Å². The SMILES string of the molecule is C/C(S)=C\c1ncccc1C=N. The Hall–Kier alpha value is -1.09. The van der Waals surface area contributed by atoms with Crippen molar-refractivity contribution in [3.05, 3.63) is 34.5 Å². The number of hydrogen-bond acceptors (Lipinski definition) is 3. The lowest BCUT2D eigenvalue weighted by molar-refractivity contribution is 1.28. The molecule has 0 radical (unpaired) electrons. The average Bonchev–Trinajstić information content (AvgIpc) is 2.04. The molecule has 12 heavy (non-hydrogen) atoms. The van der Waals surface area contributed by atoms with E-state index in [-0.39, 0.29) is 0 Å².